The van der Waals surface area contributed by atoms with Gasteiger partial charge in [-0.15, -0.1) is 13.2 Å². The highest BCUT2D eigenvalue weighted by Crippen LogP contribution is 2.33. The van der Waals surface area contributed by atoms with E-state index in [0.29, 0.717) is 11.3 Å². The van der Waals surface area contributed by atoms with Crippen LogP contribution in [0, 0.1) is 11.7 Å². The average Bonchev–Trinajstić information content (AvgIpc) is 3.14. The number of carbonyl (C=O) groups excluding carboxylic acids is 1. The van der Waals surface area contributed by atoms with Gasteiger partial charge in [-0.1, -0.05) is 23.7 Å². The molecular formula is C22H16ClF4N5O2. The number of halogens is 5. The highest BCUT2D eigenvalue weighted by Gasteiger charge is 2.33. The number of benzene rings is 1. The van der Waals surface area contributed by atoms with Crippen molar-refractivity contribution in [1.82, 2.24) is 15.0 Å². The van der Waals surface area contributed by atoms with Crippen molar-refractivity contribution < 1.29 is 27.1 Å². The van der Waals surface area contributed by atoms with E-state index in [1.165, 1.54) is 36.5 Å². The predicted molar refractivity (Wildman–Crippen MR) is 118 cm³/mol. The van der Waals surface area contributed by atoms with Gasteiger partial charge in [0.05, 0.1) is 22.2 Å². The second-order valence-electron chi connectivity index (χ2n) is 7.23. The van der Waals surface area contributed by atoms with Crippen molar-refractivity contribution in [3.63, 3.8) is 0 Å². The zero-order chi connectivity index (χ0) is 24.5. The summed E-state index contributed by atoms with van der Waals surface area (Å²) in [7, 11) is 0. The van der Waals surface area contributed by atoms with E-state index in [1.807, 2.05) is 0 Å². The number of ether oxygens (including phenoxy) is 1. The van der Waals surface area contributed by atoms with Gasteiger partial charge in [0.25, 0.3) is 0 Å². The number of hydrogen-bond acceptors (Lipinski definition) is 5. The Bertz CT molecular complexity index is 1270. The smallest absolute Gasteiger partial charge is 0.406 e. The van der Waals surface area contributed by atoms with Crippen LogP contribution in [0.2, 0.25) is 5.02 Å². The third kappa shape index (κ3) is 5.20. The molecule has 12 heteroatoms. The quantitative estimate of drug-likeness (QED) is 0.410. The molecule has 1 aromatic carbocycles. The van der Waals surface area contributed by atoms with Gasteiger partial charge in [-0.05, 0) is 42.8 Å². The number of nitrogens with one attached hydrogen (secondary N) is 2. The van der Waals surface area contributed by atoms with Crippen molar-refractivity contribution >= 4 is 29.1 Å². The summed E-state index contributed by atoms with van der Waals surface area (Å²) in [5.74, 6) is -2.04. The van der Waals surface area contributed by atoms with Gasteiger partial charge < -0.3 is 20.8 Å². The molecule has 0 fully saturated rings. The predicted octanol–water partition coefficient (Wildman–Crippen LogP) is 5.45. The molecule has 4 rings (SSSR count). The first-order valence-corrected chi connectivity index (χ1v) is 10.2. The zero-order valence-electron chi connectivity index (χ0n) is 17.2. The van der Waals surface area contributed by atoms with Crippen LogP contribution in [-0.2, 0) is 9.53 Å². The van der Waals surface area contributed by atoms with Gasteiger partial charge in [0.1, 0.15) is 29.0 Å². The number of allylic oxidation sites excluding steroid dienone is 2. The van der Waals surface area contributed by atoms with Crippen LogP contribution in [0.1, 0.15) is 6.42 Å². The van der Waals surface area contributed by atoms with Crippen molar-refractivity contribution in [2.24, 2.45) is 5.92 Å². The van der Waals surface area contributed by atoms with Crippen LogP contribution < -0.4 is 11.1 Å². The number of pyridine rings is 1. The molecule has 0 radical (unpaired) electrons. The molecule has 3 aromatic rings. The maximum Gasteiger partial charge on any atom is 0.573 e. The Labute approximate surface area is 195 Å². The highest BCUT2D eigenvalue weighted by molar-refractivity contribution is 6.33. The Balaban J connectivity index is 1.49. The van der Waals surface area contributed by atoms with Crippen LogP contribution in [0.25, 0.3) is 22.6 Å². The molecule has 176 valence electrons. The van der Waals surface area contributed by atoms with Crippen molar-refractivity contribution in [2.45, 2.75) is 12.8 Å². The minimum absolute atomic E-state index is 0.0717. The summed E-state index contributed by atoms with van der Waals surface area (Å²) in [6.07, 6.45) is 0.432. The molecule has 0 saturated carbocycles. The molecular weight excluding hydrogens is 478 g/mol. The normalized spacial score (nSPS) is 15.7. The van der Waals surface area contributed by atoms with Gasteiger partial charge in [0.2, 0.25) is 5.91 Å². The van der Waals surface area contributed by atoms with Gasteiger partial charge in [0, 0.05) is 11.8 Å². The van der Waals surface area contributed by atoms with Crippen molar-refractivity contribution in [1.29, 1.82) is 0 Å². The molecule has 1 atom stereocenters. The van der Waals surface area contributed by atoms with E-state index in [4.69, 9.17) is 17.3 Å². The molecule has 0 bridgehead atoms. The summed E-state index contributed by atoms with van der Waals surface area (Å²) < 4.78 is 55.3. The number of amides is 1. The third-order valence-corrected chi connectivity index (χ3v) is 5.16. The number of aromatic nitrogens is 3. The molecule has 1 amide bonds. The molecule has 4 N–H and O–H groups in total. The number of rotatable bonds is 5. The van der Waals surface area contributed by atoms with Crippen LogP contribution in [0.3, 0.4) is 0 Å². The second-order valence-corrected chi connectivity index (χ2v) is 7.63. The molecule has 0 aliphatic heterocycles. The van der Waals surface area contributed by atoms with Crippen LogP contribution in [0.4, 0.5) is 29.2 Å². The van der Waals surface area contributed by atoms with Crippen LogP contribution in [0.15, 0.2) is 60.5 Å². The number of aromatic amines is 1. The van der Waals surface area contributed by atoms with E-state index >= 15 is 0 Å². The monoisotopic (exact) mass is 493 g/mol. The van der Waals surface area contributed by atoms with E-state index in [0.717, 1.165) is 12.2 Å². The first-order valence-electron chi connectivity index (χ1n) is 9.82. The number of alkyl halides is 3. The lowest BCUT2D eigenvalue weighted by Gasteiger charge is -2.17. The topological polar surface area (TPSA) is 106 Å². The van der Waals surface area contributed by atoms with Crippen molar-refractivity contribution in [3.05, 3.63) is 71.4 Å². The number of imidazole rings is 1. The van der Waals surface area contributed by atoms with Gasteiger partial charge in [-0.25, -0.2) is 14.4 Å². The Kier molecular flexibility index (Phi) is 6.29. The Hall–Kier alpha value is -3.86. The first kappa shape index (κ1) is 23.3. The molecule has 0 spiro atoms. The SMILES string of the molecule is Nc1nc(-c2c(F)cccc2Cl)[nH]c1-c1ccc(NC(=O)C2C=C(OC(F)(F)F)C=CC2)nc1. The lowest BCUT2D eigenvalue weighted by atomic mass is 9.99. The fraction of sp³-hybridized carbons (Fsp3) is 0.136. The zero-order valence-corrected chi connectivity index (χ0v) is 17.9. The molecule has 1 aliphatic rings. The van der Waals surface area contributed by atoms with E-state index < -0.39 is 29.8 Å². The summed E-state index contributed by atoms with van der Waals surface area (Å²) >= 11 is 6.08. The van der Waals surface area contributed by atoms with Gasteiger partial charge in [-0.2, -0.15) is 0 Å². The molecule has 1 aliphatic carbocycles. The van der Waals surface area contributed by atoms with Gasteiger partial charge >= 0.3 is 6.36 Å². The van der Waals surface area contributed by atoms with Gasteiger partial charge in [0.15, 0.2) is 0 Å². The summed E-state index contributed by atoms with van der Waals surface area (Å²) in [4.78, 5) is 23.7. The minimum atomic E-state index is -4.85. The first-order chi connectivity index (χ1) is 16.1. The van der Waals surface area contributed by atoms with Gasteiger partial charge in [-0.3, -0.25) is 4.79 Å². The molecule has 0 saturated heterocycles. The largest absolute Gasteiger partial charge is 0.573 e. The molecule has 34 heavy (non-hydrogen) atoms. The Morgan fingerprint density at radius 3 is 2.74 bits per heavy atom. The Morgan fingerprint density at radius 2 is 2.06 bits per heavy atom. The maximum atomic E-state index is 14.2. The number of nitrogens with zero attached hydrogens (tertiary/aromatic N) is 2. The number of hydrogen-bond donors (Lipinski definition) is 3. The van der Waals surface area contributed by atoms with Crippen molar-refractivity contribution in [3.8, 4) is 22.6 Å². The lowest BCUT2D eigenvalue weighted by Crippen LogP contribution is -2.24. The minimum Gasteiger partial charge on any atom is -0.406 e. The van der Waals surface area contributed by atoms with Crippen molar-refractivity contribution in [2.75, 3.05) is 11.1 Å². The number of anilines is 2. The van der Waals surface area contributed by atoms with E-state index in [1.54, 1.807) is 6.07 Å². The number of carbonyl (C=O) groups is 1. The summed E-state index contributed by atoms with van der Waals surface area (Å²) in [6.45, 7) is 0. The molecule has 1 unspecified atom stereocenters. The van der Waals surface area contributed by atoms with E-state index in [9.17, 15) is 22.4 Å². The van der Waals surface area contributed by atoms with Crippen LogP contribution >= 0.6 is 11.6 Å². The third-order valence-electron chi connectivity index (χ3n) is 4.84. The lowest BCUT2D eigenvalue weighted by molar-refractivity contribution is -0.303. The Morgan fingerprint density at radius 1 is 1.26 bits per heavy atom. The molecule has 2 heterocycles. The fourth-order valence-electron chi connectivity index (χ4n) is 3.32. The summed E-state index contributed by atoms with van der Waals surface area (Å²) in [5.41, 5.74) is 6.92. The maximum absolute atomic E-state index is 14.2. The highest BCUT2D eigenvalue weighted by atomic mass is 35.5. The summed E-state index contributed by atoms with van der Waals surface area (Å²) in [5, 5.41) is 2.70. The fourth-order valence-corrected chi connectivity index (χ4v) is 3.57. The average molecular weight is 494 g/mol. The number of nitrogen functional groups attached to an aromatic ring is 1. The second kappa shape index (κ2) is 9.18. The number of nitrogens with two attached hydrogens (primary N) is 1. The molecule has 7 nitrogen and oxygen atoms in total. The van der Waals surface area contributed by atoms with E-state index in [-0.39, 0.29) is 34.5 Å². The standard InChI is InChI=1S/C22H16ClF4N5O2/c23-14-5-2-6-15(24)17(14)20-31-18(19(28)32-20)12-7-8-16(29-10-12)30-21(33)11-3-1-4-13(9-11)34-22(25,26)27/h1-2,4-11H,3,28H2,(H,31,32)(H,29,30,33). The van der Waals surface area contributed by atoms with Crippen LogP contribution in [0.5, 0.6) is 0 Å². The van der Waals surface area contributed by atoms with Crippen LogP contribution in [-0.4, -0.2) is 27.2 Å². The molecule has 2 aromatic heterocycles. The van der Waals surface area contributed by atoms with E-state index in [2.05, 4.69) is 25.0 Å². The summed E-state index contributed by atoms with van der Waals surface area (Å²) in [6, 6.07) is 7.31. The number of H-pyrrole nitrogens is 1.